The third-order valence-corrected chi connectivity index (χ3v) is 5.20. The van der Waals surface area contributed by atoms with Crippen LogP contribution in [0, 0.1) is 0 Å². The number of methoxy groups -OCH3 is 1. The van der Waals surface area contributed by atoms with Gasteiger partial charge in [-0.05, 0) is 35.7 Å². The number of pyridine rings is 1. The van der Waals surface area contributed by atoms with E-state index >= 15 is 0 Å². The molecule has 3 aromatic rings. The SMILES string of the molecule is COc1cccc(C(=O)N2CCN(Cc3cc4ccccc4[nH]c3=O)CC2)c1. The van der Waals surface area contributed by atoms with Crippen molar-refractivity contribution < 1.29 is 9.53 Å². The van der Waals surface area contributed by atoms with Crippen molar-refractivity contribution in [2.45, 2.75) is 6.54 Å². The Bertz CT molecular complexity index is 1050. The molecule has 28 heavy (non-hydrogen) atoms. The minimum atomic E-state index is -0.0476. The molecule has 0 radical (unpaired) electrons. The van der Waals surface area contributed by atoms with Crippen LogP contribution in [0.4, 0.5) is 0 Å². The van der Waals surface area contributed by atoms with E-state index in [4.69, 9.17) is 4.74 Å². The molecule has 6 heteroatoms. The third kappa shape index (κ3) is 3.77. The molecule has 1 fully saturated rings. The molecule has 1 N–H and O–H groups in total. The summed E-state index contributed by atoms with van der Waals surface area (Å²) in [4.78, 5) is 32.1. The molecule has 1 saturated heterocycles. The summed E-state index contributed by atoms with van der Waals surface area (Å²) in [6.07, 6.45) is 0. The maximum atomic E-state index is 12.7. The van der Waals surface area contributed by atoms with E-state index < -0.39 is 0 Å². The molecule has 0 aliphatic carbocycles. The summed E-state index contributed by atoms with van der Waals surface area (Å²) in [5, 5.41) is 1.03. The first-order chi connectivity index (χ1) is 13.6. The lowest BCUT2D eigenvalue weighted by atomic mass is 10.1. The molecule has 0 atom stereocenters. The first-order valence-electron chi connectivity index (χ1n) is 9.40. The molecule has 2 heterocycles. The predicted octanol–water partition coefficient (Wildman–Crippen LogP) is 2.49. The average Bonchev–Trinajstić information content (AvgIpc) is 2.74. The standard InChI is InChI=1S/C22H23N3O3/c1-28-19-7-4-6-17(14-19)22(27)25-11-9-24(10-12-25)15-18-13-16-5-2-3-8-20(16)23-21(18)26/h2-8,13-14H,9-12,15H2,1H3,(H,23,26). The maximum absolute atomic E-state index is 12.7. The number of H-pyrrole nitrogens is 1. The smallest absolute Gasteiger partial charge is 0.254 e. The van der Waals surface area contributed by atoms with Crippen molar-refractivity contribution in [3.05, 3.63) is 76.1 Å². The highest BCUT2D eigenvalue weighted by Crippen LogP contribution is 2.17. The Balaban J connectivity index is 1.41. The summed E-state index contributed by atoms with van der Waals surface area (Å²) >= 11 is 0. The zero-order valence-electron chi connectivity index (χ0n) is 15.9. The number of aromatic nitrogens is 1. The maximum Gasteiger partial charge on any atom is 0.254 e. The Morgan fingerprint density at radius 3 is 2.61 bits per heavy atom. The second-order valence-corrected chi connectivity index (χ2v) is 7.01. The lowest BCUT2D eigenvalue weighted by molar-refractivity contribution is 0.0627. The summed E-state index contributed by atoms with van der Waals surface area (Å²) < 4.78 is 5.21. The van der Waals surface area contributed by atoms with Gasteiger partial charge in [0.15, 0.2) is 0 Å². The van der Waals surface area contributed by atoms with Gasteiger partial charge in [0.05, 0.1) is 7.11 Å². The molecule has 144 valence electrons. The molecule has 4 rings (SSSR count). The summed E-state index contributed by atoms with van der Waals surface area (Å²) in [6, 6.07) is 17.0. The molecule has 1 amide bonds. The van der Waals surface area contributed by atoms with Gasteiger partial charge < -0.3 is 14.6 Å². The molecular weight excluding hydrogens is 354 g/mol. The predicted molar refractivity (Wildman–Crippen MR) is 109 cm³/mol. The molecule has 0 saturated carbocycles. The summed E-state index contributed by atoms with van der Waals surface area (Å²) in [7, 11) is 1.59. The van der Waals surface area contributed by atoms with E-state index in [-0.39, 0.29) is 11.5 Å². The fraction of sp³-hybridized carbons (Fsp3) is 0.273. The number of nitrogens with zero attached hydrogens (tertiary/aromatic N) is 2. The van der Waals surface area contributed by atoms with Crippen molar-refractivity contribution in [1.29, 1.82) is 0 Å². The van der Waals surface area contributed by atoms with E-state index in [0.717, 1.165) is 29.6 Å². The average molecular weight is 377 g/mol. The van der Waals surface area contributed by atoms with Gasteiger partial charge in [0.25, 0.3) is 11.5 Å². The highest BCUT2D eigenvalue weighted by molar-refractivity contribution is 5.94. The molecule has 2 aromatic carbocycles. The van der Waals surface area contributed by atoms with Crippen molar-refractivity contribution in [2.75, 3.05) is 33.3 Å². The lowest BCUT2D eigenvalue weighted by Gasteiger charge is -2.34. The Labute approximate surface area is 163 Å². The number of ether oxygens (including phenoxy) is 1. The van der Waals surface area contributed by atoms with Crippen LogP contribution in [0.15, 0.2) is 59.4 Å². The van der Waals surface area contributed by atoms with Crippen LogP contribution >= 0.6 is 0 Å². The fourth-order valence-electron chi connectivity index (χ4n) is 3.60. The first-order valence-corrected chi connectivity index (χ1v) is 9.40. The van der Waals surface area contributed by atoms with Crippen LogP contribution in [0.5, 0.6) is 5.75 Å². The number of aromatic amines is 1. The van der Waals surface area contributed by atoms with Crippen LogP contribution in [-0.4, -0.2) is 54.0 Å². The minimum absolute atomic E-state index is 0.0158. The van der Waals surface area contributed by atoms with Gasteiger partial charge >= 0.3 is 0 Å². The third-order valence-electron chi connectivity index (χ3n) is 5.20. The van der Waals surface area contributed by atoms with Gasteiger partial charge in [-0.25, -0.2) is 0 Å². The molecule has 0 spiro atoms. The van der Waals surface area contributed by atoms with Gasteiger partial charge in [0, 0.05) is 49.4 Å². The highest BCUT2D eigenvalue weighted by atomic mass is 16.5. The molecule has 1 aromatic heterocycles. The topological polar surface area (TPSA) is 65.6 Å². The number of fused-ring (bicyclic) bond motifs is 1. The van der Waals surface area contributed by atoms with E-state index in [1.54, 1.807) is 13.2 Å². The number of hydrogen-bond donors (Lipinski definition) is 1. The van der Waals surface area contributed by atoms with Crippen molar-refractivity contribution in [2.24, 2.45) is 0 Å². The van der Waals surface area contributed by atoms with E-state index in [2.05, 4.69) is 9.88 Å². The van der Waals surface area contributed by atoms with E-state index in [9.17, 15) is 9.59 Å². The lowest BCUT2D eigenvalue weighted by Crippen LogP contribution is -2.48. The fourth-order valence-corrected chi connectivity index (χ4v) is 3.60. The number of nitrogens with one attached hydrogen (secondary N) is 1. The van der Waals surface area contributed by atoms with Gasteiger partial charge in [-0.1, -0.05) is 24.3 Å². The number of rotatable bonds is 4. The Morgan fingerprint density at radius 2 is 1.82 bits per heavy atom. The normalized spacial score (nSPS) is 15.0. The van der Waals surface area contributed by atoms with Gasteiger partial charge in [-0.3, -0.25) is 14.5 Å². The van der Waals surface area contributed by atoms with Crippen molar-refractivity contribution in [3.63, 3.8) is 0 Å². The van der Waals surface area contributed by atoms with Crippen LogP contribution in [0.2, 0.25) is 0 Å². The zero-order chi connectivity index (χ0) is 19.5. The molecule has 1 aliphatic rings. The van der Waals surface area contributed by atoms with E-state index in [1.165, 1.54) is 0 Å². The van der Waals surface area contributed by atoms with Crippen LogP contribution < -0.4 is 10.3 Å². The van der Waals surface area contributed by atoms with Crippen LogP contribution in [0.25, 0.3) is 10.9 Å². The zero-order valence-corrected chi connectivity index (χ0v) is 15.9. The second kappa shape index (κ2) is 7.86. The Kier molecular flexibility index (Phi) is 5.12. The molecule has 6 nitrogen and oxygen atoms in total. The Hall–Kier alpha value is -3.12. The quantitative estimate of drug-likeness (QED) is 0.759. The molecule has 1 aliphatic heterocycles. The number of carbonyl (C=O) groups excluding carboxylic acids is 1. The van der Waals surface area contributed by atoms with Crippen LogP contribution in [-0.2, 0) is 6.54 Å². The number of hydrogen-bond acceptors (Lipinski definition) is 4. The van der Waals surface area contributed by atoms with Crippen LogP contribution in [0.3, 0.4) is 0 Å². The Morgan fingerprint density at radius 1 is 1.04 bits per heavy atom. The van der Waals surface area contributed by atoms with Crippen molar-refractivity contribution in [1.82, 2.24) is 14.8 Å². The minimum Gasteiger partial charge on any atom is -0.497 e. The summed E-state index contributed by atoms with van der Waals surface area (Å²) in [5.41, 5.74) is 2.20. The van der Waals surface area contributed by atoms with E-state index in [0.29, 0.717) is 30.9 Å². The molecular formula is C22H23N3O3. The van der Waals surface area contributed by atoms with Crippen molar-refractivity contribution in [3.8, 4) is 5.75 Å². The van der Waals surface area contributed by atoms with Crippen LogP contribution in [0.1, 0.15) is 15.9 Å². The van der Waals surface area contributed by atoms with E-state index in [1.807, 2.05) is 53.4 Å². The molecule has 0 unspecified atom stereocenters. The molecule has 0 bridgehead atoms. The summed E-state index contributed by atoms with van der Waals surface area (Å²) in [6.45, 7) is 3.34. The largest absolute Gasteiger partial charge is 0.497 e. The number of benzene rings is 2. The monoisotopic (exact) mass is 377 g/mol. The highest BCUT2D eigenvalue weighted by Gasteiger charge is 2.23. The van der Waals surface area contributed by atoms with Gasteiger partial charge in [0.1, 0.15) is 5.75 Å². The van der Waals surface area contributed by atoms with Crippen molar-refractivity contribution >= 4 is 16.8 Å². The van der Waals surface area contributed by atoms with Gasteiger partial charge in [-0.2, -0.15) is 0 Å². The number of piperazine rings is 1. The second-order valence-electron chi connectivity index (χ2n) is 7.01. The first kappa shape index (κ1) is 18.3. The van der Waals surface area contributed by atoms with Gasteiger partial charge in [-0.15, -0.1) is 0 Å². The number of carbonyl (C=O) groups is 1. The number of para-hydroxylation sites is 1. The van der Waals surface area contributed by atoms with Gasteiger partial charge in [0.2, 0.25) is 0 Å². The number of amides is 1. The summed E-state index contributed by atoms with van der Waals surface area (Å²) in [5.74, 6) is 0.696.